The predicted octanol–water partition coefficient (Wildman–Crippen LogP) is 3.78. The number of hydrogen-bond acceptors (Lipinski definition) is 8. The number of halogens is 2. The molecule has 0 fully saturated rings. The van der Waals surface area contributed by atoms with Gasteiger partial charge in [0.05, 0.1) is 21.9 Å². The Morgan fingerprint density at radius 1 is 0.784 bits per heavy atom. The summed E-state index contributed by atoms with van der Waals surface area (Å²) in [4.78, 5) is 31.2. The highest BCUT2D eigenvalue weighted by atomic mass is 32.2. The Bertz CT molecular complexity index is 1840. The van der Waals surface area contributed by atoms with Crippen LogP contribution in [0.15, 0.2) is 76.5 Å². The minimum Gasteiger partial charge on any atom is -0.390 e. The maximum atomic E-state index is 14.2. The van der Waals surface area contributed by atoms with Gasteiger partial charge in [0, 0.05) is 57.5 Å². The van der Waals surface area contributed by atoms with E-state index in [-0.39, 0.29) is 46.0 Å². The molecule has 3 aromatic carbocycles. The molecule has 0 saturated carbocycles. The number of sulfonamides is 2. The van der Waals surface area contributed by atoms with E-state index in [9.17, 15) is 40.3 Å². The van der Waals surface area contributed by atoms with Crippen molar-refractivity contribution < 1.29 is 40.3 Å². The standard InChI is InChI=1S/C35H47F2N5O7S2/c1-6-14-41(15-7-2)35(45)27-20-26(21-31(22-27)51(48,49)40(4)5)34(44)38-32(19-25-17-28(36)23-29(37)18-25)33(43)24-42(16-8-3)39-50(46,47)30-12-10-9-11-13-30/h9-13,17-18,20-23,32-33,39,43H,6-8,14-16,19,24H2,1-5H3,(H,38,44). The lowest BCUT2D eigenvalue weighted by atomic mass is 9.99. The molecule has 0 heterocycles. The van der Waals surface area contributed by atoms with E-state index in [0.29, 0.717) is 38.4 Å². The maximum Gasteiger partial charge on any atom is 0.253 e. The molecule has 2 amide bonds. The van der Waals surface area contributed by atoms with Crippen LogP contribution in [0.1, 0.15) is 66.3 Å². The molecular formula is C35H47F2N5O7S2. The lowest BCUT2D eigenvalue weighted by Gasteiger charge is -2.30. The Kier molecular flexibility index (Phi) is 15.2. The quantitative estimate of drug-likeness (QED) is 0.156. The molecule has 0 bridgehead atoms. The molecule has 0 radical (unpaired) electrons. The van der Waals surface area contributed by atoms with Gasteiger partial charge in [0.15, 0.2) is 0 Å². The molecule has 51 heavy (non-hydrogen) atoms. The Morgan fingerprint density at radius 2 is 1.35 bits per heavy atom. The van der Waals surface area contributed by atoms with E-state index in [1.54, 1.807) is 30.0 Å². The maximum absolute atomic E-state index is 14.2. The Balaban J connectivity index is 2.05. The van der Waals surface area contributed by atoms with Crippen LogP contribution in [0.25, 0.3) is 0 Å². The number of carbonyl (C=O) groups is 2. The summed E-state index contributed by atoms with van der Waals surface area (Å²) in [6.07, 6.45) is -0.0655. The van der Waals surface area contributed by atoms with Crippen molar-refractivity contribution >= 4 is 31.9 Å². The molecule has 0 aliphatic rings. The van der Waals surface area contributed by atoms with Gasteiger partial charge in [0.25, 0.3) is 21.8 Å². The molecule has 0 aliphatic heterocycles. The summed E-state index contributed by atoms with van der Waals surface area (Å²) < 4.78 is 82.0. The second kappa shape index (κ2) is 18.6. The van der Waals surface area contributed by atoms with Gasteiger partial charge in [-0.05, 0) is 73.7 Å². The lowest BCUT2D eigenvalue weighted by Crippen LogP contribution is -2.53. The zero-order valence-electron chi connectivity index (χ0n) is 29.5. The Labute approximate surface area is 299 Å². The fourth-order valence-corrected chi connectivity index (χ4v) is 7.49. The first-order chi connectivity index (χ1) is 24.0. The van der Waals surface area contributed by atoms with Gasteiger partial charge in [0.2, 0.25) is 10.0 Å². The van der Waals surface area contributed by atoms with Crippen molar-refractivity contribution in [3.05, 3.63) is 95.1 Å². The highest BCUT2D eigenvalue weighted by Crippen LogP contribution is 2.21. The van der Waals surface area contributed by atoms with E-state index in [1.165, 1.54) is 43.4 Å². The lowest BCUT2D eigenvalue weighted by molar-refractivity contribution is 0.0618. The first-order valence-electron chi connectivity index (χ1n) is 16.7. The highest BCUT2D eigenvalue weighted by molar-refractivity contribution is 7.89. The van der Waals surface area contributed by atoms with Crippen LogP contribution in [0.2, 0.25) is 0 Å². The third-order valence-electron chi connectivity index (χ3n) is 7.83. The number of aliphatic hydroxyl groups is 1. The average molecular weight is 752 g/mol. The van der Waals surface area contributed by atoms with Gasteiger partial charge in [0.1, 0.15) is 11.6 Å². The molecular weight excluding hydrogens is 705 g/mol. The molecule has 0 saturated heterocycles. The third-order valence-corrected chi connectivity index (χ3v) is 11.0. The van der Waals surface area contributed by atoms with Gasteiger partial charge in [-0.15, -0.1) is 4.83 Å². The zero-order valence-corrected chi connectivity index (χ0v) is 31.1. The van der Waals surface area contributed by atoms with Crippen molar-refractivity contribution in [2.24, 2.45) is 0 Å². The van der Waals surface area contributed by atoms with Crippen LogP contribution in [0, 0.1) is 11.6 Å². The third kappa shape index (κ3) is 11.6. The Morgan fingerprint density at radius 3 is 1.90 bits per heavy atom. The molecule has 3 rings (SSSR count). The summed E-state index contributed by atoms with van der Waals surface area (Å²) in [5, 5.41) is 15.4. The largest absolute Gasteiger partial charge is 0.390 e. The number of nitrogens with zero attached hydrogens (tertiary/aromatic N) is 3. The van der Waals surface area contributed by atoms with E-state index in [2.05, 4.69) is 10.1 Å². The highest BCUT2D eigenvalue weighted by Gasteiger charge is 2.29. The van der Waals surface area contributed by atoms with Crippen LogP contribution in [-0.4, -0.2) is 100 Å². The summed E-state index contributed by atoms with van der Waals surface area (Å²) in [5.74, 6) is -3.14. The number of benzene rings is 3. The van der Waals surface area contributed by atoms with Crippen molar-refractivity contribution in [2.45, 2.75) is 68.4 Å². The summed E-state index contributed by atoms with van der Waals surface area (Å²) in [6, 6.07) is 12.6. The minimum absolute atomic E-state index is 0.0185. The topological polar surface area (TPSA) is 156 Å². The molecule has 0 aliphatic carbocycles. The van der Waals surface area contributed by atoms with Gasteiger partial charge >= 0.3 is 0 Å². The van der Waals surface area contributed by atoms with Crippen LogP contribution >= 0.6 is 0 Å². The number of aliphatic hydroxyl groups excluding tert-OH is 1. The summed E-state index contributed by atoms with van der Waals surface area (Å²) in [5.41, 5.74) is -0.177. The van der Waals surface area contributed by atoms with Crippen LogP contribution in [0.5, 0.6) is 0 Å². The van der Waals surface area contributed by atoms with E-state index in [1.807, 2.05) is 13.8 Å². The smallest absolute Gasteiger partial charge is 0.253 e. The van der Waals surface area contributed by atoms with Crippen LogP contribution in [0.4, 0.5) is 8.78 Å². The predicted molar refractivity (Wildman–Crippen MR) is 190 cm³/mol. The van der Waals surface area contributed by atoms with E-state index in [0.717, 1.165) is 22.5 Å². The number of carbonyl (C=O) groups excluding carboxylic acids is 2. The number of rotatable bonds is 19. The van der Waals surface area contributed by atoms with E-state index in [4.69, 9.17) is 0 Å². The van der Waals surface area contributed by atoms with Crippen molar-refractivity contribution in [3.63, 3.8) is 0 Å². The average Bonchev–Trinajstić information content (AvgIpc) is 3.07. The van der Waals surface area contributed by atoms with Crippen LogP contribution in [0.3, 0.4) is 0 Å². The fourth-order valence-electron chi connectivity index (χ4n) is 5.39. The number of hydrogen-bond donors (Lipinski definition) is 3. The second-order valence-corrected chi connectivity index (χ2v) is 16.1. The summed E-state index contributed by atoms with van der Waals surface area (Å²) >= 11 is 0. The van der Waals surface area contributed by atoms with Gasteiger partial charge in [-0.1, -0.05) is 39.0 Å². The van der Waals surface area contributed by atoms with E-state index < -0.39 is 55.6 Å². The number of hydrazine groups is 1. The monoisotopic (exact) mass is 751 g/mol. The summed E-state index contributed by atoms with van der Waals surface area (Å²) in [6.45, 7) is 6.18. The van der Waals surface area contributed by atoms with Crippen LogP contribution in [-0.2, 0) is 26.5 Å². The zero-order chi connectivity index (χ0) is 37.9. The first-order valence-corrected chi connectivity index (χ1v) is 19.6. The normalized spacial score (nSPS) is 13.3. The van der Waals surface area contributed by atoms with Gasteiger partial charge < -0.3 is 15.3 Å². The second-order valence-electron chi connectivity index (χ2n) is 12.3. The molecule has 16 heteroatoms. The summed E-state index contributed by atoms with van der Waals surface area (Å²) in [7, 11) is -5.57. The van der Waals surface area contributed by atoms with Crippen molar-refractivity contribution in [1.82, 2.24) is 24.4 Å². The molecule has 0 spiro atoms. The SMILES string of the molecule is CCCN(CC(O)C(Cc1cc(F)cc(F)c1)NC(=O)c1cc(C(=O)N(CCC)CCC)cc(S(=O)(=O)N(C)C)c1)NS(=O)(=O)c1ccccc1. The molecule has 280 valence electrons. The van der Waals surface area contributed by atoms with Crippen LogP contribution < -0.4 is 10.1 Å². The number of nitrogens with one attached hydrogen (secondary N) is 2. The van der Waals surface area contributed by atoms with Crippen molar-refractivity contribution in [1.29, 1.82) is 0 Å². The molecule has 3 N–H and O–H groups in total. The molecule has 12 nitrogen and oxygen atoms in total. The Hall–Kier alpha value is -3.80. The fraction of sp³-hybridized carbons (Fsp3) is 0.429. The van der Waals surface area contributed by atoms with E-state index >= 15 is 0 Å². The van der Waals surface area contributed by atoms with Crippen molar-refractivity contribution in [3.8, 4) is 0 Å². The molecule has 0 aromatic heterocycles. The van der Waals surface area contributed by atoms with Gasteiger partial charge in [-0.3, -0.25) is 9.59 Å². The number of amides is 2. The molecule has 2 unspecified atom stereocenters. The molecule has 2 atom stereocenters. The molecule has 3 aromatic rings. The van der Waals surface area contributed by atoms with Crippen molar-refractivity contribution in [2.75, 3.05) is 40.3 Å². The minimum atomic E-state index is -4.13. The first kappa shape index (κ1) is 41.6. The van der Waals surface area contributed by atoms with Gasteiger partial charge in [-0.25, -0.2) is 34.9 Å². The van der Waals surface area contributed by atoms with Gasteiger partial charge in [-0.2, -0.15) is 0 Å².